The second-order valence-electron chi connectivity index (χ2n) is 4.77. The van der Waals surface area contributed by atoms with Crippen LogP contribution in [0.2, 0.25) is 0 Å². The summed E-state index contributed by atoms with van der Waals surface area (Å²) >= 11 is 0. The maximum atomic E-state index is 5.63. The summed E-state index contributed by atoms with van der Waals surface area (Å²) in [5, 5.41) is 0. The highest BCUT2D eigenvalue weighted by atomic mass is 16.5. The van der Waals surface area contributed by atoms with Gasteiger partial charge < -0.3 is 9.72 Å². The molecular formula is C13H15N3O. The second kappa shape index (κ2) is 3.87. The molecule has 1 aliphatic rings. The Morgan fingerprint density at radius 1 is 1.47 bits per heavy atom. The van der Waals surface area contributed by atoms with E-state index >= 15 is 0 Å². The van der Waals surface area contributed by atoms with Crippen LogP contribution in [0.15, 0.2) is 18.5 Å². The van der Waals surface area contributed by atoms with Gasteiger partial charge in [-0.25, -0.2) is 4.98 Å². The van der Waals surface area contributed by atoms with Crippen molar-refractivity contribution in [1.29, 1.82) is 0 Å². The van der Waals surface area contributed by atoms with E-state index in [9.17, 15) is 0 Å². The minimum atomic E-state index is 0.555. The molecule has 1 N–H and O–H groups in total. The van der Waals surface area contributed by atoms with Gasteiger partial charge in [0, 0.05) is 18.2 Å². The molecule has 0 saturated carbocycles. The first-order valence-corrected chi connectivity index (χ1v) is 5.89. The molecule has 0 fully saturated rings. The molecule has 0 aromatic carbocycles. The molecule has 0 radical (unpaired) electrons. The van der Waals surface area contributed by atoms with Crippen LogP contribution in [0, 0.1) is 5.92 Å². The van der Waals surface area contributed by atoms with Crippen LogP contribution in [-0.4, -0.2) is 15.0 Å². The van der Waals surface area contributed by atoms with Crippen LogP contribution < -0.4 is 4.74 Å². The van der Waals surface area contributed by atoms with Crippen LogP contribution in [0.5, 0.6) is 5.75 Å². The smallest absolute Gasteiger partial charge is 0.147 e. The highest BCUT2D eigenvalue weighted by Crippen LogP contribution is 2.35. The average Bonchev–Trinajstić information content (AvgIpc) is 2.70. The molecule has 4 nitrogen and oxygen atoms in total. The van der Waals surface area contributed by atoms with Crippen molar-refractivity contribution in [2.75, 3.05) is 0 Å². The Kier molecular flexibility index (Phi) is 2.35. The first-order chi connectivity index (χ1) is 8.24. The zero-order chi connectivity index (χ0) is 11.8. The van der Waals surface area contributed by atoms with Gasteiger partial charge in [-0.2, -0.15) is 0 Å². The summed E-state index contributed by atoms with van der Waals surface area (Å²) in [4.78, 5) is 12.1. The highest BCUT2D eigenvalue weighted by Gasteiger charge is 2.21. The first-order valence-electron chi connectivity index (χ1n) is 5.89. The standard InChI is InChI=1S/C13H15N3O/c1-8(2)5-12-15-10-7-17-11-6-14-4-3-9(11)13(10)16-12/h3-4,6,8H,5,7H2,1-2H3,(H,15,16). The monoisotopic (exact) mass is 229 g/mol. The lowest BCUT2D eigenvalue weighted by Gasteiger charge is -2.15. The third-order valence-corrected chi connectivity index (χ3v) is 2.84. The lowest BCUT2D eigenvalue weighted by Crippen LogP contribution is -2.05. The van der Waals surface area contributed by atoms with Gasteiger partial charge >= 0.3 is 0 Å². The van der Waals surface area contributed by atoms with Gasteiger partial charge in [0.05, 0.1) is 17.6 Å². The SMILES string of the molecule is CC(C)Cc1nc2c([nH]1)COc1cnccc1-2. The van der Waals surface area contributed by atoms with Gasteiger partial charge in [-0.15, -0.1) is 0 Å². The quantitative estimate of drug-likeness (QED) is 0.861. The largest absolute Gasteiger partial charge is 0.485 e. The maximum absolute atomic E-state index is 5.63. The fourth-order valence-corrected chi connectivity index (χ4v) is 2.11. The van der Waals surface area contributed by atoms with Gasteiger partial charge in [-0.1, -0.05) is 13.8 Å². The summed E-state index contributed by atoms with van der Waals surface area (Å²) < 4.78 is 5.63. The Balaban J connectivity index is 2.04. The van der Waals surface area contributed by atoms with E-state index < -0.39 is 0 Å². The van der Waals surface area contributed by atoms with Crippen molar-refractivity contribution in [3.8, 4) is 17.0 Å². The Morgan fingerprint density at radius 3 is 3.18 bits per heavy atom. The number of pyridine rings is 1. The van der Waals surface area contributed by atoms with E-state index in [0.717, 1.165) is 34.9 Å². The molecular weight excluding hydrogens is 214 g/mol. The van der Waals surface area contributed by atoms with E-state index in [1.165, 1.54) is 0 Å². The molecule has 3 rings (SSSR count). The summed E-state index contributed by atoms with van der Waals surface area (Å²) in [7, 11) is 0. The van der Waals surface area contributed by atoms with E-state index in [0.29, 0.717) is 12.5 Å². The van der Waals surface area contributed by atoms with E-state index in [1.54, 1.807) is 12.4 Å². The zero-order valence-corrected chi connectivity index (χ0v) is 10.0. The first kappa shape index (κ1) is 10.3. The van der Waals surface area contributed by atoms with Gasteiger partial charge in [0.1, 0.15) is 18.2 Å². The molecule has 0 amide bonds. The van der Waals surface area contributed by atoms with Crippen LogP contribution in [-0.2, 0) is 13.0 Å². The summed E-state index contributed by atoms with van der Waals surface area (Å²) in [5.74, 6) is 2.46. The molecule has 0 atom stereocenters. The number of hydrogen-bond acceptors (Lipinski definition) is 3. The fraction of sp³-hybridized carbons (Fsp3) is 0.385. The number of rotatable bonds is 2. The van der Waals surface area contributed by atoms with Crippen LogP contribution in [0.4, 0.5) is 0 Å². The van der Waals surface area contributed by atoms with E-state index in [4.69, 9.17) is 4.74 Å². The van der Waals surface area contributed by atoms with Crippen LogP contribution in [0.3, 0.4) is 0 Å². The maximum Gasteiger partial charge on any atom is 0.147 e. The van der Waals surface area contributed by atoms with Gasteiger partial charge in [-0.05, 0) is 12.0 Å². The molecule has 0 unspecified atom stereocenters. The third-order valence-electron chi connectivity index (χ3n) is 2.84. The number of aromatic amines is 1. The fourth-order valence-electron chi connectivity index (χ4n) is 2.11. The van der Waals surface area contributed by atoms with Crippen molar-refractivity contribution in [2.45, 2.75) is 26.9 Å². The Hall–Kier alpha value is -1.84. The van der Waals surface area contributed by atoms with Crippen molar-refractivity contribution >= 4 is 0 Å². The number of imidazole rings is 1. The Bertz CT molecular complexity index is 545. The summed E-state index contributed by atoms with van der Waals surface area (Å²) in [6.07, 6.45) is 4.48. The molecule has 4 heteroatoms. The number of hydrogen-bond donors (Lipinski definition) is 1. The second-order valence-corrected chi connectivity index (χ2v) is 4.77. The molecule has 1 aliphatic heterocycles. The number of nitrogens with one attached hydrogen (secondary N) is 1. The lowest BCUT2D eigenvalue weighted by molar-refractivity contribution is 0.296. The number of ether oxygens (including phenoxy) is 1. The summed E-state index contributed by atoms with van der Waals surface area (Å²) in [6.45, 7) is 4.94. The molecule has 88 valence electrons. The molecule has 17 heavy (non-hydrogen) atoms. The van der Waals surface area contributed by atoms with Crippen LogP contribution >= 0.6 is 0 Å². The van der Waals surface area contributed by atoms with E-state index in [1.807, 2.05) is 6.07 Å². The van der Waals surface area contributed by atoms with Gasteiger partial charge in [-0.3, -0.25) is 4.98 Å². The minimum absolute atomic E-state index is 0.555. The van der Waals surface area contributed by atoms with Crippen molar-refractivity contribution in [1.82, 2.24) is 15.0 Å². The molecule has 2 aromatic heterocycles. The summed E-state index contributed by atoms with van der Waals surface area (Å²) in [5.41, 5.74) is 3.12. The normalized spacial score (nSPS) is 13.1. The van der Waals surface area contributed by atoms with Crippen molar-refractivity contribution in [3.63, 3.8) is 0 Å². The van der Waals surface area contributed by atoms with Gasteiger partial charge in [0.15, 0.2) is 0 Å². The predicted octanol–water partition coefficient (Wildman–Crippen LogP) is 2.56. The van der Waals surface area contributed by atoms with Crippen molar-refractivity contribution in [2.24, 2.45) is 5.92 Å². The lowest BCUT2D eigenvalue weighted by atomic mass is 10.1. The topological polar surface area (TPSA) is 50.8 Å². The molecule has 3 heterocycles. The van der Waals surface area contributed by atoms with E-state index in [-0.39, 0.29) is 0 Å². The molecule has 0 spiro atoms. The van der Waals surface area contributed by atoms with Crippen molar-refractivity contribution < 1.29 is 4.74 Å². The Labute approximate surface area is 100 Å². The third kappa shape index (κ3) is 1.79. The van der Waals surface area contributed by atoms with Gasteiger partial charge in [0.2, 0.25) is 0 Å². The van der Waals surface area contributed by atoms with E-state index in [2.05, 4.69) is 28.8 Å². The van der Waals surface area contributed by atoms with Crippen LogP contribution in [0.1, 0.15) is 25.4 Å². The highest BCUT2D eigenvalue weighted by molar-refractivity contribution is 5.70. The van der Waals surface area contributed by atoms with Crippen molar-refractivity contribution in [3.05, 3.63) is 30.0 Å². The minimum Gasteiger partial charge on any atom is -0.485 e. The number of nitrogens with zero attached hydrogens (tertiary/aromatic N) is 2. The van der Waals surface area contributed by atoms with Gasteiger partial charge in [0.25, 0.3) is 0 Å². The predicted molar refractivity (Wildman–Crippen MR) is 64.7 cm³/mol. The molecule has 0 aliphatic carbocycles. The number of H-pyrrole nitrogens is 1. The average molecular weight is 229 g/mol. The Morgan fingerprint density at radius 2 is 2.35 bits per heavy atom. The van der Waals surface area contributed by atoms with Crippen LogP contribution in [0.25, 0.3) is 11.3 Å². The molecule has 2 aromatic rings. The molecule has 0 bridgehead atoms. The number of aromatic nitrogens is 3. The zero-order valence-electron chi connectivity index (χ0n) is 10.0. The molecule has 0 saturated heterocycles. The summed E-state index contributed by atoms with van der Waals surface area (Å²) in [6, 6.07) is 1.95. The number of fused-ring (bicyclic) bond motifs is 3.